The topological polar surface area (TPSA) is 82.5 Å². The molecule has 2 amide bonds. The fraction of sp³-hybridized carbons (Fsp3) is 0.560. The van der Waals surface area contributed by atoms with Crippen molar-refractivity contribution in [1.29, 1.82) is 0 Å². The van der Waals surface area contributed by atoms with Crippen molar-refractivity contribution in [1.82, 2.24) is 15.2 Å². The van der Waals surface area contributed by atoms with Crippen LogP contribution in [0.4, 0.5) is 0 Å². The standard InChI is InChI=1S/C25H29N3O3/c1-2-28-14-23(7-8-23)25(31,24(15-28)9-10-24)18-3-5-20-16(12-18)11-17(13-26-20)19-4-6-21(29)27-22(19)30/h3,5,11-13,19,31H,2,4,6-10,14-15H2,1H3,(H,27,29,30). The maximum absolute atomic E-state index is 12.3. The molecule has 1 aromatic heterocycles. The van der Waals surface area contributed by atoms with E-state index in [0.29, 0.717) is 12.8 Å². The van der Waals surface area contributed by atoms with Crippen LogP contribution < -0.4 is 5.32 Å². The summed E-state index contributed by atoms with van der Waals surface area (Å²) < 4.78 is 0. The first-order valence-corrected chi connectivity index (χ1v) is 11.6. The zero-order valence-electron chi connectivity index (χ0n) is 18.0. The molecule has 4 fully saturated rings. The molecule has 0 bridgehead atoms. The van der Waals surface area contributed by atoms with Crippen molar-refractivity contribution in [3.63, 3.8) is 0 Å². The van der Waals surface area contributed by atoms with E-state index in [-0.39, 0.29) is 28.6 Å². The summed E-state index contributed by atoms with van der Waals surface area (Å²) >= 11 is 0. The highest BCUT2D eigenvalue weighted by molar-refractivity contribution is 6.01. The highest BCUT2D eigenvalue weighted by Gasteiger charge is 2.74. The van der Waals surface area contributed by atoms with E-state index in [2.05, 4.69) is 34.3 Å². The van der Waals surface area contributed by atoms with Crippen LogP contribution >= 0.6 is 0 Å². The highest BCUT2D eigenvalue weighted by Crippen LogP contribution is 2.74. The maximum Gasteiger partial charge on any atom is 0.234 e. The van der Waals surface area contributed by atoms with Crippen molar-refractivity contribution in [2.45, 2.75) is 57.0 Å². The molecule has 2 spiro atoms. The Bertz CT molecular complexity index is 1080. The van der Waals surface area contributed by atoms with Gasteiger partial charge in [0.05, 0.1) is 11.4 Å². The van der Waals surface area contributed by atoms with Gasteiger partial charge < -0.3 is 10.0 Å². The van der Waals surface area contributed by atoms with Crippen LogP contribution in [0.3, 0.4) is 0 Å². The number of amides is 2. The minimum Gasteiger partial charge on any atom is -0.384 e. The number of fused-ring (bicyclic) bond motifs is 1. The largest absolute Gasteiger partial charge is 0.384 e. The van der Waals surface area contributed by atoms with E-state index < -0.39 is 5.60 Å². The fourth-order valence-corrected chi connectivity index (χ4v) is 6.46. The van der Waals surface area contributed by atoms with Gasteiger partial charge in [0.15, 0.2) is 0 Å². The highest BCUT2D eigenvalue weighted by atomic mass is 16.3. The Balaban J connectivity index is 1.41. The Labute approximate surface area is 182 Å². The number of piperidine rings is 2. The van der Waals surface area contributed by atoms with Gasteiger partial charge >= 0.3 is 0 Å². The summed E-state index contributed by atoms with van der Waals surface area (Å²) in [7, 11) is 0. The summed E-state index contributed by atoms with van der Waals surface area (Å²) in [5, 5.41) is 15.7. The minimum absolute atomic E-state index is 0.0416. The molecule has 2 aromatic rings. The number of imide groups is 1. The third-order valence-electron chi connectivity index (χ3n) is 8.50. The molecule has 4 aliphatic rings. The van der Waals surface area contributed by atoms with Crippen LogP contribution in [0.15, 0.2) is 30.5 Å². The Kier molecular flexibility index (Phi) is 3.98. The number of hydrogen-bond donors (Lipinski definition) is 2. The summed E-state index contributed by atoms with van der Waals surface area (Å²) in [6, 6.07) is 8.22. The summed E-state index contributed by atoms with van der Waals surface area (Å²) in [5.41, 5.74) is 1.83. The number of carbonyl (C=O) groups is 2. The normalized spacial score (nSPS) is 28.1. The molecular weight excluding hydrogens is 390 g/mol. The molecule has 2 N–H and O–H groups in total. The zero-order chi connectivity index (χ0) is 21.4. The van der Waals surface area contributed by atoms with E-state index in [1.54, 1.807) is 6.20 Å². The SMILES string of the molecule is CCN1CC2(CC2)C(O)(c2ccc3ncc(C4CCC(=O)NC4=O)cc3c2)C2(CC2)C1. The number of aliphatic hydroxyl groups is 1. The Morgan fingerprint density at radius 2 is 1.84 bits per heavy atom. The minimum atomic E-state index is -0.801. The average molecular weight is 420 g/mol. The molecule has 2 saturated carbocycles. The summed E-state index contributed by atoms with van der Waals surface area (Å²) in [5.74, 6) is -0.797. The molecule has 6 nitrogen and oxygen atoms in total. The molecule has 2 aliphatic carbocycles. The van der Waals surface area contributed by atoms with Crippen LogP contribution in [0, 0.1) is 10.8 Å². The zero-order valence-corrected chi connectivity index (χ0v) is 18.0. The van der Waals surface area contributed by atoms with Crippen LogP contribution in [0.1, 0.15) is 62.5 Å². The number of benzene rings is 1. The van der Waals surface area contributed by atoms with Gasteiger partial charge in [0.1, 0.15) is 5.60 Å². The molecule has 6 rings (SSSR count). The second kappa shape index (κ2) is 6.36. The van der Waals surface area contributed by atoms with Gasteiger partial charge in [-0.1, -0.05) is 13.0 Å². The lowest BCUT2D eigenvalue weighted by Gasteiger charge is -2.52. The number of nitrogens with zero attached hydrogens (tertiary/aromatic N) is 2. The number of likely N-dealkylation sites (tertiary alicyclic amines) is 1. The maximum atomic E-state index is 12.3. The molecule has 1 atom stereocenters. The lowest BCUT2D eigenvalue weighted by atomic mass is 9.64. The van der Waals surface area contributed by atoms with Gasteiger partial charge in [-0.25, -0.2) is 0 Å². The Hall–Kier alpha value is -2.31. The van der Waals surface area contributed by atoms with Crippen molar-refractivity contribution in [3.05, 3.63) is 41.6 Å². The predicted molar refractivity (Wildman–Crippen MR) is 116 cm³/mol. The summed E-state index contributed by atoms with van der Waals surface area (Å²) in [6.45, 7) is 5.19. The molecule has 1 aromatic carbocycles. The van der Waals surface area contributed by atoms with Crippen molar-refractivity contribution >= 4 is 22.7 Å². The fourth-order valence-electron chi connectivity index (χ4n) is 6.46. The van der Waals surface area contributed by atoms with Gasteiger partial charge in [-0.15, -0.1) is 0 Å². The quantitative estimate of drug-likeness (QED) is 0.748. The third kappa shape index (κ3) is 2.67. The predicted octanol–water partition coefficient (Wildman–Crippen LogP) is 2.84. The number of nitrogens with one attached hydrogen (secondary N) is 1. The van der Waals surface area contributed by atoms with Crippen molar-refractivity contribution in [2.75, 3.05) is 19.6 Å². The van der Waals surface area contributed by atoms with E-state index in [4.69, 9.17) is 0 Å². The second-order valence-electron chi connectivity index (χ2n) is 10.3. The van der Waals surface area contributed by atoms with Crippen molar-refractivity contribution in [2.24, 2.45) is 10.8 Å². The number of aromatic nitrogens is 1. The molecule has 1 unspecified atom stereocenters. The molecule has 2 aliphatic heterocycles. The number of pyridine rings is 1. The third-order valence-corrected chi connectivity index (χ3v) is 8.50. The van der Waals surface area contributed by atoms with Gasteiger partial charge in [-0.3, -0.25) is 19.9 Å². The summed E-state index contributed by atoms with van der Waals surface area (Å²) in [6.07, 6.45) is 6.93. The van der Waals surface area contributed by atoms with Crippen LogP contribution in [0.2, 0.25) is 0 Å². The van der Waals surface area contributed by atoms with E-state index in [1.165, 1.54) is 0 Å². The van der Waals surface area contributed by atoms with Gasteiger partial charge in [0, 0.05) is 41.9 Å². The molecule has 6 heteroatoms. The van der Waals surface area contributed by atoms with Gasteiger partial charge in [0.2, 0.25) is 11.8 Å². The van der Waals surface area contributed by atoms with E-state index in [0.717, 1.165) is 67.3 Å². The van der Waals surface area contributed by atoms with E-state index in [9.17, 15) is 14.7 Å². The van der Waals surface area contributed by atoms with E-state index >= 15 is 0 Å². The van der Waals surface area contributed by atoms with Gasteiger partial charge in [0.25, 0.3) is 0 Å². The van der Waals surface area contributed by atoms with Crippen LogP contribution in [0.5, 0.6) is 0 Å². The second-order valence-corrected chi connectivity index (χ2v) is 10.3. The molecule has 3 heterocycles. The number of hydrogen-bond acceptors (Lipinski definition) is 5. The lowest BCUT2D eigenvalue weighted by Crippen LogP contribution is -2.59. The smallest absolute Gasteiger partial charge is 0.234 e. The Morgan fingerprint density at radius 3 is 2.45 bits per heavy atom. The lowest BCUT2D eigenvalue weighted by molar-refractivity contribution is -0.151. The van der Waals surface area contributed by atoms with Gasteiger partial charge in [-0.2, -0.15) is 0 Å². The number of carbonyl (C=O) groups excluding carboxylic acids is 2. The first-order valence-electron chi connectivity index (χ1n) is 11.6. The van der Waals surface area contributed by atoms with Gasteiger partial charge in [-0.05, 0) is 68.0 Å². The van der Waals surface area contributed by atoms with E-state index in [1.807, 2.05) is 12.1 Å². The molecule has 2 saturated heterocycles. The van der Waals surface area contributed by atoms with Crippen LogP contribution in [-0.4, -0.2) is 46.4 Å². The number of rotatable bonds is 3. The average Bonchev–Trinajstić information content (AvgIpc) is 3.69. The van der Waals surface area contributed by atoms with Crippen molar-refractivity contribution < 1.29 is 14.7 Å². The van der Waals surface area contributed by atoms with Crippen molar-refractivity contribution in [3.8, 4) is 0 Å². The summed E-state index contributed by atoms with van der Waals surface area (Å²) in [4.78, 5) is 31.0. The molecular formula is C25H29N3O3. The molecule has 162 valence electrons. The molecule has 31 heavy (non-hydrogen) atoms. The first kappa shape index (κ1) is 19.4. The molecule has 0 radical (unpaired) electrons. The van der Waals surface area contributed by atoms with Crippen LogP contribution in [0.25, 0.3) is 10.9 Å². The monoisotopic (exact) mass is 419 g/mol. The van der Waals surface area contributed by atoms with Crippen LogP contribution in [-0.2, 0) is 15.2 Å². The first-order chi connectivity index (χ1) is 14.9. The Morgan fingerprint density at radius 1 is 1.13 bits per heavy atom.